The van der Waals surface area contributed by atoms with Crippen molar-refractivity contribution >= 4 is 34.1 Å². The molecule has 0 atom stereocenters. The van der Waals surface area contributed by atoms with Gasteiger partial charge in [0.1, 0.15) is 23.0 Å². The standard InChI is InChI=1S/C56H50N2O4/c1-59-51-29-21-47(22-30-51)57(48-23-31-52(60-2)32-24-48)45-17-13-43(14-18-45)55-37-39-5-9-41(55)11-7-40-6-10-42(12-8-39)56(38-40)44-15-19-46(20-16-44)58(49-25-33-53(61-3)34-26-49)50-27-35-54(62-4)36-28-50/h5-6,9-10,13-38H,7-8,11-12H2,1-4H3. The third-order valence-electron chi connectivity index (χ3n) is 11.9. The van der Waals surface area contributed by atoms with Crippen molar-refractivity contribution in [3.05, 3.63) is 204 Å². The fraction of sp³-hybridized carbons (Fsp3) is 0.143. The Morgan fingerprint density at radius 3 is 0.806 bits per heavy atom. The number of methoxy groups -OCH3 is 4. The number of anilines is 6. The lowest BCUT2D eigenvalue weighted by Crippen LogP contribution is -2.10. The Bertz CT molecular complexity index is 2460. The van der Waals surface area contributed by atoms with Crippen LogP contribution in [0, 0.1) is 0 Å². The number of ether oxygens (including phenoxy) is 4. The van der Waals surface area contributed by atoms with E-state index in [0.717, 1.165) is 82.8 Å². The van der Waals surface area contributed by atoms with Gasteiger partial charge in [-0.05, 0) is 192 Å². The minimum absolute atomic E-state index is 0.825. The van der Waals surface area contributed by atoms with E-state index in [2.05, 4.69) is 143 Å². The largest absolute Gasteiger partial charge is 0.497 e. The monoisotopic (exact) mass is 814 g/mol. The molecule has 0 saturated heterocycles. The molecule has 62 heavy (non-hydrogen) atoms. The van der Waals surface area contributed by atoms with Crippen molar-refractivity contribution in [2.45, 2.75) is 25.7 Å². The van der Waals surface area contributed by atoms with Gasteiger partial charge in [-0.3, -0.25) is 0 Å². The van der Waals surface area contributed by atoms with E-state index in [-0.39, 0.29) is 0 Å². The predicted molar refractivity (Wildman–Crippen MR) is 254 cm³/mol. The highest BCUT2D eigenvalue weighted by Gasteiger charge is 2.18. The van der Waals surface area contributed by atoms with Crippen LogP contribution in [0.25, 0.3) is 22.3 Å². The molecule has 0 saturated carbocycles. The third-order valence-corrected chi connectivity index (χ3v) is 11.9. The van der Waals surface area contributed by atoms with E-state index in [1.807, 2.05) is 48.5 Å². The minimum atomic E-state index is 0.825. The molecule has 4 aliphatic rings. The van der Waals surface area contributed by atoms with Crippen LogP contribution >= 0.6 is 0 Å². The first-order valence-electron chi connectivity index (χ1n) is 21.1. The van der Waals surface area contributed by atoms with Crippen LogP contribution in [0.5, 0.6) is 23.0 Å². The van der Waals surface area contributed by atoms with Crippen LogP contribution in [-0.4, -0.2) is 28.4 Å². The van der Waals surface area contributed by atoms with Crippen molar-refractivity contribution in [3.63, 3.8) is 0 Å². The van der Waals surface area contributed by atoms with E-state index in [0.29, 0.717) is 0 Å². The number of nitrogens with zero attached hydrogens (tertiary/aromatic N) is 2. The van der Waals surface area contributed by atoms with Crippen LogP contribution in [0.15, 0.2) is 182 Å². The molecular formula is C56H50N2O4. The lowest BCUT2D eigenvalue weighted by atomic mass is 9.87. The van der Waals surface area contributed by atoms with Crippen molar-refractivity contribution in [1.82, 2.24) is 0 Å². The van der Waals surface area contributed by atoms with Crippen molar-refractivity contribution in [3.8, 4) is 45.3 Å². The Labute approximate surface area is 365 Å². The zero-order valence-electron chi connectivity index (χ0n) is 35.7. The summed E-state index contributed by atoms with van der Waals surface area (Å²) in [5.41, 5.74) is 16.8. The zero-order chi connectivity index (χ0) is 42.4. The summed E-state index contributed by atoms with van der Waals surface area (Å²) in [7, 11) is 6.78. The molecule has 308 valence electrons. The Kier molecular flexibility index (Phi) is 11.6. The van der Waals surface area contributed by atoms with Crippen molar-refractivity contribution < 1.29 is 18.9 Å². The molecule has 0 aromatic heterocycles. The summed E-state index contributed by atoms with van der Waals surface area (Å²) in [6.45, 7) is 0. The third kappa shape index (κ3) is 8.45. The van der Waals surface area contributed by atoms with Crippen LogP contribution in [-0.2, 0) is 25.7 Å². The first kappa shape index (κ1) is 40.0. The van der Waals surface area contributed by atoms with E-state index in [1.54, 1.807) is 28.4 Å². The van der Waals surface area contributed by atoms with Crippen LogP contribution < -0.4 is 28.7 Å². The molecule has 0 spiro atoms. The average Bonchev–Trinajstić information content (AvgIpc) is 3.33. The summed E-state index contributed by atoms with van der Waals surface area (Å²) < 4.78 is 21.9. The highest BCUT2D eigenvalue weighted by molar-refractivity contribution is 5.81. The van der Waals surface area contributed by atoms with Gasteiger partial charge < -0.3 is 28.7 Å². The van der Waals surface area contributed by atoms with Gasteiger partial charge in [0.15, 0.2) is 0 Å². The molecule has 0 fully saturated rings. The van der Waals surface area contributed by atoms with Crippen molar-refractivity contribution in [1.29, 1.82) is 0 Å². The molecule has 6 heteroatoms. The molecule has 0 radical (unpaired) electrons. The quantitative estimate of drug-likeness (QED) is 0.122. The van der Waals surface area contributed by atoms with E-state index < -0.39 is 0 Å². The molecule has 0 unspecified atom stereocenters. The van der Waals surface area contributed by atoms with E-state index in [1.165, 1.54) is 44.5 Å². The molecule has 4 bridgehead atoms. The van der Waals surface area contributed by atoms with Gasteiger partial charge in [-0.15, -0.1) is 0 Å². The van der Waals surface area contributed by atoms with Gasteiger partial charge >= 0.3 is 0 Å². The van der Waals surface area contributed by atoms with Crippen LogP contribution in [0.4, 0.5) is 34.1 Å². The SMILES string of the molecule is COc1ccc(N(c2ccc(OC)cc2)c2ccc(-c3cc4ccc3CCc3ccc(c(-c5ccc(N(c6ccc(OC)cc6)c6ccc(OC)cc6)cc5)c3)CC4)cc2)cc1. The van der Waals surface area contributed by atoms with E-state index in [4.69, 9.17) is 18.9 Å². The summed E-state index contributed by atoms with van der Waals surface area (Å²) in [5, 5.41) is 0. The summed E-state index contributed by atoms with van der Waals surface area (Å²) in [5.74, 6) is 3.30. The second-order valence-electron chi connectivity index (χ2n) is 15.5. The fourth-order valence-corrected chi connectivity index (χ4v) is 8.49. The van der Waals surface area contributed by atoms with Crippen LogP contribution in [0.2, 0.25) is 0 Å². The zero-order valence-corrected chi connectivity index (χ0v) is 35.7. The first-order valence-corrected chi connectivity index (χ1v) is 21.1. The second-order valence-corrected chi connectivity index (χ2v) is 15.5. The molecule has 8 aromatic rings. The predicted octanol–water partition coefficient (Wildman–Crippen LogP) is 13.9. The first-order chi connectivity index (χ1) is 30.5. The normalized spacial score (nSPS) is 11.9. The smallest absolute Gasteiger partial charge is 0.119 e. The summed E-state index contributed by atoms with van der Waals surface area (Å²) in [6, 6.07) is 65.0. The summed E-state index contributed by atoms with van der Waals surface area (Å²) >= 11 is 0. The lowest BCUT2D eigenvalue weighted by Gasteiger charge is -2.26. The maximum atomic E-state index is 5.47. The van der Waals surface area contributed by atoms with Gasteiger partial charge in [0.2, 0.25) is 0 Å². The molecule has 4 aliphatic carbocycles. The van der Waals surface area contributed by atoms with Crippen molar-refractivity contribution in [2.75, 3.05) is 38.2 Å². The topological polar surface area (TPSA) is 43.4 Å². The Hall–Kier alpha value is -7.44. The number of benzene rings is 8. The Morgan fingerprint density at radius 2 is 0.548 bits per heavy atom. The van der Waals surface area contributed by atoms with Gasteiger partial charge in [0.05, 0.1) is 28.4 Å². The number of hydrogen-bond acceptors (Lipinski definition) is 6. The van der Waals surface area contributed by atoms with Gasteiger partial charge in [-0.25, -0.2) is 0 Å². The second kappa shape index (κ2) is 18.0. The van der Waals surface area contributed by atoms with Gasteiger partial charge in [0, 0.05) is 34.1 Å². The minimum Gasteiger partial charge on any atom is -0.497 e. The molecule has 6 nitrogen and oxygen atoms in total. The van der Waals surface area contributed by atoms with Gasteiger partial charge in [-0.1, -0.05) is 60.7 Å². The van der Waals surface area contributed by atoms with Crippen LogP contribution in [0.1, 0.15) is 22.3 Å². The van der Waals surface area contributed by atoms with E-state index >= 15 is 0 Å². The molecule has 0 N–H and O–H groups in total. The number of aryl methyl sites for hydroxylation is 4. The average molecular weight is 815 g/mol. The molecule has 12 rings (SSSR count). The van der Waals surface area contributed by atoms with Gasteiger partial charge in [-0.2, -0.15) is 0 Å². The lowest BCUT2D eigenvalue weighted by molar-refractivity contribution is 0.414. The molecular weight excluding hydrogens is 765 g/mol. The molecule has 0 heterocycles. The highest BCUT2D eigenvalue weighted by atomic mass is 16.5. The summed E-state index contributed by atoms with van der Waals surface area (Å²) in [4.78, 5) is 4.52. The maximum Gasteiger partial charge on any atom is 0.119 e. The summed E-state index contributed by atoms with van der Waals surface area (Å²) in [6.07, 6.45) is 3.78. The van der Waals surface area contributed by atoms with Crippen LogP contribution in [0.3, 0.4) is 0 Å². The van der Waals surface area contributed by atoms with Gasteiger partial charge in [0.25, 0.3) is 0 Å². The molecule has 8 aromatic carbocycles. The van der Waals surface area contributed by atoms with Crippen molar-refractivity contribution in [2.24, 2.45) is 0 Å². The number of hydrogen-bond donors (Lipinski definition) is 0. The number of rotatable bonds is 12. The van der Waals surface area contributed by atoms with E-state index in [9.17, 15) is 0 Å². The fourth-order valence-electron chi connectivity index (χ4n) is 8.49. The Balaban J connectivity index is 0.986. The molecule has 0 amide bonds. The highest BCUT2D eigenvalue weighted by Crippen LogP contribution is 2.40. The molecule has 0 aliphatic heterocycles. The maximum absolute atomic E-state index is 5.47. The Morgan fingerprint density at radius 1 is 0.290 bits per heavy atom.